The molecule has 0 bridgehead atoms. The summed E-state index contributed by atoms with van der Waals surface area (Å²) in [7, 11) is 0. The van der Waals surface area contributed by atoms with Gasteiger partial charge in [0.1, 0.15) is 5.82 Å². The van der Waals surface area contributed by atoms with E-state index in [9.17, 15) is 4.39 Å². The minimum atomic E-state index is -0.205. The van der Waals surface area contributed by atoms with E-state index in [1.54, 1.807) is 17.4 Å². The van der Waals surface area contributed by atoms with Crippen molar-refractivity contribution in [2.45, 2.75) is 19.9 Å². The zero-order chi connectivity index (χ0) is 14.1. The van der Waals surface area contributed by atoms with Gasteiger partial charge in [-0.3, -0.25) is 0 Å². The Balaban J connectivity index is 1.88. The van der Waals surface area contributed by atoms with Gasteiger partial charge in [-0.05, 0) is 49.1 Å². The van der Waals surface area contributed by atoms with Crippen molar-refractivity contribution < 1.29 is 4.39 Å². The smallest absolute Gasteiger partial charge is 0.146 e. The summed E-state index contributed by atoms with van der Waals surface area (Å²) in [5.74, 6) is -0.205. The van der Waals surface area contributed by atoms with Gasteiger partial charge in [-0.15, -0.1) is 11.3 Å². The molecule has 3 aromatic rings. The Morgan fingerprint density at radius 1 is 1.10 bits per heavy atom. The first-order valence-electron chi connectivity index (χ1n) is 6.64. The topological polar surface area (TPSA) is 12.0 Å². The van der Waals surface area contributed by atoms with Gasteiger partial charge in [0.15, 0.2) is 0 Å². The lowest BCUT2D eigenvalue weighted by molar-refractivity contribution is 0.627. The Kier molecular flexibility index (Phi) is 3.45. The third-order valence-electron chi connectivity index (χ3n) is 3.37. The molecule has 1 atom stereocenters. The second kappa shape index (κ2) is 5.25. The first-order valence-corrected chi connectivity index (χ1v) is 7.46. The zero-order valence-electron chi connectivity index (χ0n) is 11.5. The molecule has 102 valence electrons. The highest BCUT2D eigenvalue weighted by Crippen LogP contribution is 2.32. The fourth-order valence-corrected chi connectivity index (χ4v) is 3.34. The average Bonchev–Trinajstić information content (AvgIpc) is 2.87. The van der Waals surface area contributed by atoms with E-state index >= 15 is 0 Å². The van der Waals surface area contributed by atoms with Crippen molar-refractivity contribution in [2.75, 3.05) is 5.32 Å². The van der Waals surface area contributed by atoms with Crippen molar-refractivity contribution in [3.8, 4) is 0 Å². The quantitative estimate of drug-likeness (QED) is 0.668. The molecule has 1 nitrogen and oxygen atoms in total. The van der Waals surface area contributed by atoms with Crippen molar-refractivity contribution in [1.29, 1.82) is 0 Å². The molecule has 3 rings (SSSR count). The lowest BCUT2D eigenvalue weighted by Gasteiger charge is -2.14. The minimum Gasteiger partial charge on any atom is -0.375 e. The van der Waals surface area contributed by atoms with Crippen LogP contribution in [0.5, 0.6) is 0 Å². The molecule has 3 heteroatoms. The summed E-state index contributed by atoms with van der Waals surface area (Å²) < 4.78 is 15.1. The highest BCUT2D eigenvalue weighted by Gasteiger charge is 2.11. The molecule has 0 fully saturated rings. The van der Waals surface area contributed by atoms with Crippen LogP contribution in [0.25, 0.3) is 10.1 Å². The molecule has 1 N–H and O–H groups in total. The number of rotatable bonds is 3. The second-order valence-corrected chi connectivity index (χ2v) is 6.15. The van der Waals surface area contributed by atoms with Crippen LogP contribution < -0.4 is 5.32 Å². The van der Waals surface area contributed by atoms with Gasteiger partial charge in [-0.1, -0.05) is 24.3 Å². The monoisotopic (exact) mass is 285 g/mol. The van der Waals surface area contributed by atoms with Crippen molar-refractivity contribution >= 4 is 27.1 Å². The summed E-state index contributed by atoms with van der Waals surface area (Å²) in [6.45, 7) is 4.03. The average molecular weight is 285 g/mol. The Bertz CT molecular complexity index is 715. The number of halogens is 1. The number of benzene rings is 2. The van der Waals surface area contributed by atoms with Crippen molar-refractivity contribution in [3.05, 3.63) is 64.8 Å². The van der Waals surface area contributed by atoms with Crippen molar-refractivity contribution in [3.63, 3.8) is 0 Å². The first-order chi connectivity index (χ1) is 9.63. The van der Waals surface area contributed by atoms with Gasteiger partial charge in [0, 0.05) is 9.58 Å². The minimum absolute atomic E-state index is 0.0868. The standard InChI is InChI=1S/C17H16FNS/c1-11-7-8-14(18)15(9-11)19-12(2)17-10-13-5-3-4-6-16(13)20-17/h3-10,12,19H,1-2H3. The molecule has 0 spiro atoms. The number of aryl methyl sites for hydroxylation is 1. The molecular weight excluding hydrogens is 269 g/mol. The maximum absolute atomic E-state index is 13.8. The predicted molar refractivity (Wildman–Crippen MR) is 85.0 cm³/mol. The van der Waals surface area contributed by atoms with Gasteiger partial charge in [-0.2, -0.15) is 0 Å². The first kappa shape index (κ1) is 13.1. The molecule has 1 aromatic heterocycles. The lowest BCUT2D eigenvalue weighted by Crippen LogP contribution is -2.06. The fourth-order valence-electron chi connectivity index (χ4n) is 2.27. The predicted octanol–water partition coefficient (Wildman–Crippen LogP) is 5.52. The van der Waals surface area contributed by atoms with E-state index < -0.39 is 0 Å². The molecule has 0 saturated carbocycles. The molecule has 1 unspecified atom stereocenters. The number of hydrogen-bond acceptors (Lipinski definition) is 2. The van der Waals surface area contributed by atoms with Gasteiger partial charge in [-0.25, -0.2) is 4.39 Å². The fraction of sp³-hybridized carbons (Fsp3) is 0.176. The van der Waals surface area contributed by atoms with Crippen LogP contribution in [-0.4, -0.2) is 0 Å². The molecule has 20 heavy (non-hydrogen) atoms. The summed E-state index contributed by atoms with van der Waals surface area (Å²) in [4.78, 5) is 1.21. The number of nitrogens with one attached hydrogen (secondary N) is 1. The Labute approximate surface area is 122 Å². The third kappa shape index (κ3) is 2.54. The molecule has 0 aliphatic carbocycles. The van der Waals surface area contributed by atoms with Crippen molar-refractivity contribution in [1.82, 2.24) is 0 Å². The van der Waals surface area contributed by atoms with Crippen LogP contribution in [0.15, 0.2) is 48.5 Å². The number of anilines is 1. The molecule has 2 aromatic carbocycles. The summed E-state index contributed by atoms with van der Waals surface area (Å²) in [6, 6.07) is 15.7. The van der Waals surface area contributed by atoms with Crippen LogP contribution in [0, 0.1) is 12.7 Å². The number of hydrogen-bond donors (Lipinski definition) is 1. The van der Waals surface area contributed by atoms with Crippen LogP contribution in [0.4, 0.5) is 10.1 Å². The molecule has 0 aliphatic heterocycles. The van der Waals surface area contributed by atoms with Crippen LogP contribution >= 0.6 is 11.3 Å². The van der Waals surface area contributed by atoms with E-state index in [0.29, 0.717) is 5.69 Å². The summed E-state index contributed by atoms with van der Waals surface area (Å²) in [6.07, 6.45) is 0. The second-order valence-electron chi connectivity index (χ2n) is 5.04. The summed E-state index contributed by atoms with van der Waals surface area (Å²) in [5, 5.41) is 4.51. The van der Waals surface area contributed by atoms with E-state index in [-0.39, 0.29) is 11.9 Å². The molecular formula is C17H16FNS. The van der Waals surface area contributed by atoms with Gasteiger partial charge >= 0.3 is 0 Å². The zero-order valence-corrected chi connectivity index (χ0v) is 12.3. The van der Waals surface area contributed by atoms with Gasteiger partial charge < -0.3 is 5.32 Å². The molecule has 0 saturated heterocycles. The van der Waals surface area contributed by atoms with E-state index in [2.05, 4.69) is 30.4 Å². The van der Waals surface area contributed by atoms with E-state index in [4.69, 9.17) is 0 Å². The lowest BCUT2D eigenvalue weighted by atomic mass is 10.1. The summed E-state index contributed by atoms with van der Waals surface area (Å²) in [5.41, 5.74) is 1.62. The normalized spacial score (nSPS) is 12.6. The molecule has 0 amide bonds. The highest BCUT2D eigenvalue weighted by molar-refractivity contribution is 7.19. The Morgan fingerprint density at radius 2 is 1.90 bits per heavy atom. The van der Waals surface area contributed by atoms with E-state index in [0.717, 1.165) is 5.56 Å². The number of thiophene rings is 1. The largest absolute Gasteiger partial charge is 0.375 e. The van der Waals surface area contributed by atoms with Gasteiger partial charge in [0.25, 0.3) is 0 Å². The Morgan fingerprint density at radius 3 is 2.70 bits per heavy atom. The molecule has 0 radical (unpaired) electrons. The third-order valence-corrected chi connectivity index (χ3v) is 4.66. The summed E-state index contributed by atoms with van der Waals surface area (Å²) >= 11 is 1.75. The van der Waals surface area contributed by atoms with Crippen LogP contribution in [-0.2, 0) is 0 Å². The van der Waals surface area contributed by atoms with E-state index in [1.807, 2.05) is 25.1 Å². The molecule has 1 heterocycles. The van der Waals surface area contributed by atoms with Gasteiger partial charge in [0.05, 0.1) is 11.7 Å². The SMILES string of the molecule is Cc1ccc(F)c(NC(C)c2cc3ccccc3s2)c1. The van der Waals surface area contributed by atoms with Crippen molar-refractivity contribution in [2.24, 2.45) is 0 Å². The van der Waals surface area contributed by atoms with E-state index in [1.165, 1.54) is 21.0 Å². The van der Waals surface area contributed by atoms with Crippen LogP contribution in [0.3, 0.4) is 0 Å². The Hall–Kier alpha value is -1.87. The van der Waals surface area contributed by atoms with Crippen LogP contribution in [0.2, 0.25) is 0 Å². The maximum atomic E-state index is 13.8. The van der Waals surface area contributed by atoms with Gasteiger partial charge in [0.2, 0.25) is 0 Å². The highest BCUT2D eigenvalue weighted by atomic mass is 32.1. The molecule has 0 aliphatic rings. The maximum Gasteiger partial charge on any atom is 0.146 e. The number of fused-ring (bicyclic) bond motifs is 1. The van der Waals surface area contributed by atoms with Crippen LogP contribution in [0.1, 0.15) is 23.4 Å².